The van der Waals surface area contributed by atoms with Crippen LogP contribution in [0, 0.1) is 0 Å². The van der Waals surface area contributed by atoms with Crippen LogP contribution in [-0.4, -0.2) is 31.8 Å². The van der Waals surface area contributed by atoms with Crippen molar-refractivity contribution in [2.24, 2.45) is 0 Å². The minimum absolute atomic E-state index is 0.672. The van der Waals surface area contributed by atoms with Gasteiger partial charge in [0.25, 0.3) is 0 Å². The number of nitrogens with two attached hydrogens (primary N) is 1. The van der Waals surface area contributed by atoms with E-state index in [2.05, 4.69) is 32.7 Å². The van der Waals surface area contributed by atoms with Crippen molar-refractivity contribution in [3.8, 4) is 0 Å². The van der Waals surface area contributed by atoms with Crippen molar-refractivity contribution in [3.05, 3.63) is 16.7 Å². The second-order valence-corrected chi connectivity index (χ2v) is 4.05. The van der Waals surface area contributed by atoms with E-state index in [-0.39, 0.29) is 0 Å². The van der Waals surface area contributed by atoms with Crippen LogP contribution in [0.5, 0.6) is 0 Å². The fourth-order valence-electron chi connectivity index (χ4n) is 1.33. The van der Waals surface area contributed by atoms with Crippen LogP contribution in [-0.2, 0) is 4.74 Å². The van der Waals surface area contributed by atoms with Crippen LogP contribution in [0.2, 0.25) is 0 Å². The Bertz CT molecular complexity index is 320. The Kier molecular flexibility index (Phi) is 4.84. The molecule has 1 aromatic heterocycles. The monoisotopic (exact) mass is 273 g/mol. The number of hydrogen-bond acceptors (Lipinski definition) is 4. The Balaban J connectivity index is 2.81. The van der Waals surface area contributed by atoms with E-state index in [1.807, 2.05) is 6.07 Å². The van der Waals surface area contributed by atoms with Gasteiger partial charge >= 0.3 is 0 Å². The molecule has 0 spiro atoms. The summed E-state index contributed by atoms with van der Waals surface area (Å²) < 4.78 is 5.93. The van der Waals surface area contributed by atoms with E-state index in [4.69, 9.17) is 10.5 Å². The third kappa shape index (κ3) is 3.35. The number of aromatic nitrogens is 1. The summed E-state index contributed by atoms with van der Waals surface area (Å²) in [6.07, 6.45) is 1.75. The highest BCUT2D eigenvalue weighted by Crippen LogP contribution is 2.23. The molecule has 84 valence electrons. The topological polar surface area (TPSA) is 51.4 Å². The number of hydrogen-bond donors (Lipinski definition) is 1. The first kappa shape index (κ1) is 12.3. The van der Waals surface area contributed by atoms with Crippen LogP contribution in [0.4, 0.5) is 11.5 Å². The second kappa shape index (κ2) is 5.92. The molecule has 0 aliphatic rings. The van der Waals surface area contributed by atoms with Gasteiger partial charge in [-0.3, -0.25) is 0 Å². The SMILES string of the molecule is CCN(CCOC)c1ncc(Br)cc1N. The molecule has 5 heteroatoms. The van der Waals surface area contributed by atoms with E-state index in [0.29, 0.717) is 12.3 Å². The molecule has 0 aliphatic heterocycles. The fourth-order valence-corrected chi connectivity index (χ4v) is 1.68. The number of methoxy groups -OCH3 is 1. The first-order valence-corrected chi connectivity index (χ1v) is 5.63. The summed E-state index contributed by atoms with van der Waals surface area (Å²) in [5, 5.41) is 0. The van der Waals surface area contributed by atoms with Crippen molar-refractivity contribution >= 4 is 27.4 Å². The van der Waals surface area contributed by atoms with E-state index < -0.39 is 0 Å². The van der Waals surface area contributed by atoms with Crippen molar-refractivity contribution in [3.63, 3.8) is 0 Å². The molecule has 0 amide bonds. The van der Waals surface area contributed by atoms with Gasteiger partial charge in [-0.25, -0.2) is 4.98 Å². The summed E-state index contributed by atoms with van der Waals surface area (Å²) in [5.74, 6) is 0.817. The van der Waals surface area contributed by atoms with Gasteiger partial charge in [0.05, 0.1) is 12.3 Å². The molecule has 0 unspecified atom stereocenters. The molecule has 1 heterocycles. The summed E-state index contributed by atoms with van der Waals surface area (Å²) in [7, 11) is 1.69. The lowest BCUT2D eigenvalue weighted by Crippen LogP contribution is -2.28. The van der Waals surface area contributed by atoms with Crippen molar-refractivity contribution in [1.82, 2.24) is 4.98 Å². The van der Waals surface area contributed by atoms with Crippen LogP contribution in [0.25, 0.3) is 0 Å². The molecule has 0 saturated heterocycles. The quantitative estimate of drug-likeness (QED) is 0.891. The highest BCUT2D eigenvalue weighted by molar-refractivity contribution is 9.10. The van der Waals surface area contributed by atoms with Gasteiger partial charge in [0.1, 0.15) is 0 Å². The minimum atomic E-state index is 0.672. The Hall–Kier alpha value is -0.810. The molecule has 2 N–H and O–H groups in total. The van der Waals surface area contributed by atoms with E-state index in [9.17, 15) is 0 Å². The maximum Gasteiger partial charge on any atom is 0.151 e. The van der Waals surface area contributed by atoms with Gasteiger partial charge in [-0.2, -0.15) is 0 Å². The second-order valence-electron chi connectivity index (χ2n) is 3.14. The molecule has 0 fully saturated rings. The first-order chi connectivity index (χ1) is 7.19. The predicted molar refractivity (Wildman–Crippen MR) is 66.1 cm³/mol. The number of anilines is 2. The number of halogens is 1. The molecule has 1 rings (SSSR count). The summed E-state index contributed by atoms with van der Waals surface area (Å²) in [5.41, 5.74) is 6.58. The maximum absolute atomic E-state index is 5.89. The third-order valence-corrected chi connectivity index (χ3v) is 2.54. The number of nitrogen functional groups attached to an aromatic ring is 1. The number of rotatable bonds is 5. The molecule has 0 aromatic carbocycles. The van der Waals surface area contributed by atoms with Gasteiger partial charge in [0.2, 0.25) is 0 Å². The van der Waals surface area contributed by atoms with Crippen LogP contribution < -0.4 is 10.6 Å². The molecule has 4 nitrogen and oxygen atoms in total. The van der Waals surface area contributed by atoms with E-state index in [1.54, 1.807) is 13.3 Å². The maximum atomic E-state index is 5.89. The zero-order chi connectivity index (χ0) is 11.3. The number of nitrogens with zero attached hydrogens (tertiary/aromatic N) is 2. The smallest absolute Gasteiger partial charge is 0.151 e. The molecule has 15 heavy (non-hydrogen) atoms. The van der Waals surface area contributed by atoms with Gasteiger partial charge in [0.15, 0.2) is 5.82 Å². The number of ether oxygens (including phenoxy) is 1. The Morgan fingerprint density at radius 1 is 1.60 bits per heavy atom. The van der Waals surface area contributed by atoms with Gasteiger partial charge < -0.3 is 15.4 Å². The van der Waals surface area contributed by atoms with Crippen LogP contribution >= 0.6 is 15.9 Å². The van der Waals surface area contributed by atoms with E-state index in [1.165, 1.54) is 0 Å². The lowest BCUT2D eigenvalue weighted by atomic mass is 10.3. The Morgan fingerprint density at radius 3 is 2.87 bits per heavy atom. The van der Waals surface area contributed by atoms with Crippen LogP contribution in [0.3, 0.4) is 0 Å². The van der Waals surface area contributed by atoms with Gasteiger partial charge in [-0.1, -0.05) is 0 Å². The molecule has 0 bridgehead atoms. The highest BCUT2D eigenvalue weighted by atomic mass is 79.9. The molecule has 0 saturated carbocycles. The largest absolute Gasteiger partial charge is 0.396 e. The van der Waals surface area contributed by atoms with E-state index in [0.717, 1.165) is 23.4 Å². The molecule has 1 aromatic rings. The Labute approximate surface area is 98.6 Å². The van der Waals surface area contributed by atoms with Crippen molar-refractivity contribution < 1.29 is 4.74 Å². The lowest BCUT2D eigenvalue weighted by molar-refractivity contribution is 0.205. The zero-order valence-corrected chi connectivity index (χ0v) is 10.6. The Morgan fingerprint density at radius 2 is 2.33 bits per heavy atom. The average molecular weight is 274 g/mol. The first-order valence-electron chi connectivity index (χ1n) is 4.84. The van der Waals surface area contributed by atoms with Crippen molar-refractivity contribution in [1.29, 1.82) is 0 Å². The summed E-state index contributed by atoms with van der Waals surface area (Å²) in [6, 6.07) is 1.86. The van der Waals surface area contributed by atoms with Crippen LogP contribution in [0.1, 0.15) is 6.92 Å². The molecule has 0 atom stereocenters. The number of likely N-dealkylation sites (N-methyl/N-ethyl adjacent to an activating group) is 1. The fraction of sp³-hybridized carbons (Fsp3) is 0.500. The van der Waals surface area contributed by atoms with Gasteiger partial charge in [-0.15, -0.1) is 0 Å². The van der Waals surface area contributed by atoms with Crippen molar-refractivity contribution in [2.75, 3.05) is 37.4 Å². The van der Waals surface area contributed by atoms with Crippen LogP contribution in [0.15, 0.2) is 16.7 Å². The third-order valence-electron chi connectivity index (χ3n) is 2.11. The number of pyridine rings is 1. The standard InChI is InChI=1S/C10H16BrN3O/c1-3-14(4-5-15-2)10-9(12)6-8(11)7-13-10/h6-7H,3-5,12H2,1-2H3. The highest BCUT2D eigenvalue weighted by Gasteiger charge is 2.09. The lowest BCUT2D eigenvalue weighted by Gasteiger charge is -2.22. The summed E-state index contributed by atoms with van der Waals surface area (Å²) in [6.45, 7) is 4.40. The minimum Gasteiger partial charge on any atom is -0.396 e. The molecule has 0 aliphatic carbocycles. The molecular weight excluding hydrogens is 258 g/mol. The zero-order valence-electron chi connectivity index (χ0n) is 9.03. The average Bonchev–Trinajstić information content (AvgIpc) is 2.21. The summed E-state index contributed by atoms with van der Waals surface area (Å²) in [4.78, 5) is 6.39. The van der Waals surface area contributed by atoms with Crippen molar-refractivity contribution in [2.45, 2.75) is 6.92 Å². The summed E-state index contributed by atoms with van der Waals surface area (Å²) >= 11 is 3.33. The molecular formula is C10H16BrN3O. The predicted octanol–water partition coefficient (Wildman–Crippen LogP) is 1.90. The van der Waals surface area contributed by atoms with Gasteiger partial charge in [0, 0.05) is 30.9 Å². The van der Waals surface area contributed by atoms with Gasteiger partial charge in [-0.05, 0) is 28.9 Å². The van der Waals surface area contributed by atoms with E-state index >= 15 is 0 Å². The molecule has 0 radical (unpaired) electrons. The normalized spacial score (nSPS) is 10.3.